The first-order valence-electron chi connectivity index (χ1n) is 5.81. The van der Waals surface area contributed by atoms with Gasteiger partial charge in [-0.2, -0.15) is 0 Å². The van der Waals surface area contributed by atoms with Gasteiger partial charge in [-0.1, -0.05) is 51.5 Å². The normalized spacial score (nSPS) is 10.8. The number of hydrogen-bond acceptors (Lipinski definition) is 3. The Bertz CT molecular complexity index is 798. The Morgan fingerprint density at radius 3 is 2.63 bits per heavy atom. The van der Waals surface area contributed by atoms with E-state index in [4.69, 9.17) is 0 Å². The molecule has 0 saturated heterocycles. The fourth-order valence-corrected chi connectivity index (χ4v) is 2.33. The molecule has 0 bridgehead atoms. The van der Waals surface area contributed by atoms with Crippen LogP contribution in [0.2, 0.25) is 0 Å². The largest absolute Gasteiger partial charge is 0.277 e. The second kappa shape index (κ2) is 4.93. The van der Waals surface area contributed by atoms with Gasteiger partial charge in [-0.25, -0.2) is 4.68 Å². The molecule has 0 unspecified atom stereocenters. The summed E-state index contributed by atoms with van der Waals surface area (Å²) in [6.45, 7) is 0.401. The lowest BCUT2D eigenvalue weighted by Crippen LogP contribution is -2.24. The number of halogens is 1. The van der Waals surface area contributed by atoms with E-state index in [-0.39, 0.29) is 5.56 Å². The highest BCUT2D eigenvalue weighted by Crippen LogP contribution is 2.16. The van der Waals surface area contributed by atoms with Crippen molar-refractivity contribution in [2.24, 2.45) is 0 Å². The van der Waals surface area contributed by atoms with Crippen LogP contribution >= 0.6 is 15.9 Å². The van der Waals surface area contributed by atoms with Crippen molar-refractivity contribution >= 4 is 26.8 Å². The monoisotopic (exact) mass is 315 g/mol. The van der Waals surface area contributed by atoms with Crippen LogP contribution in [-0.2, 0) is 6.54 Å². The Morgan fingerprint density at radius 2 is 1.79 bits per heavy atom. The van der Waals surface area contributed by atoms with Gasteiger partial charge >= 0.3 is 0 Å². The Balaban J connectivity index is 2.10. The highest BCUT2D eigenvalue weighted by atomic mass is 79.9. The van der Waals surface area contributed by atoms with E-state index < -0.39 is 0 Å². The zero-order valence-corrected chi connectivity index (χ0v) is 11.5. The van der Waals surface area contributed by atoms with Gasteiger partial charge in [-0.15, -0.1) is 5.10 Å². The second-order valence-corrected chi connectivity index (χ2v) is 5.02. The van der Waals surface area contributed by atoms with Crippen LogP contribution in [0.25, 0.3) is 10.9 Å². The maximum Gasteiger partial charge on any atom is 0.277 e. The van der Waals surface area contributed by atoms with Crippen molar-refractivity contribution < 1.29 is 0 Å². The molecule has 0 N–H and O–H groups in total. The molecule has 0 radical (unpaired) electrons. The molecule has 0 spiro atoms. The number of rotatable bonds is 2. The van der Waals surface area contributed by atoms with Crippen LogP contribution in [0.3, 0.4) is 0 Å². The minimum absolute atomic E-state index is 0.124. The van der Waals surface area contributed by atoms with Gasteiger partial charge in [0.15, 0.2) is 0 Å². The summed E-state index contributed by atoms with van der Waals surface area (Å²) in [5.41, 5.74) is 1.49. The van der Waals surface area contributed by atoms with Gasteiger partial charge in [0.1, 0.15) is 5.52 Å². The van der Waals surface area contributed by atoms with Gasteiger partial charge in [0.25, 0.3) is 5.56 Å². The molecular formula is C14H10BrN3O. The Kier molecular flexibility index (Phi) is 3.13. The zero-order valence-electron chi connectivity index (χ0n) is 9.95. The van der Waals surface area contributed by atoms with Gasteiger partial charge in [0.05, 0.1) is 11.9 Å². The van der Waals surface area contributed by atoms with Crippen LogP contribution < -0.4 is 5.56 Å². The predicted octanol–water partition coefficient (Wildman–Crippen LogP) is 2.60. The van der Waals surface area contributed by atoms with Crippen molar-refractivity contribution in [1.29, 1.82) is 0 Å². The highest BCUT2D eigenvalue weighted by Gasteiger charge is 2.06. The van der Waals surface area contributed by atoms with E-state index in [0.717, 1.165) is 10.0 Å². The summed E-state index contributed by atoms with van der Waals surface area (Å²) < 4.78 is 2.33. The minimum Gasteiger partial charge on any atom is -0.267 e. The van der Waals surface area contributed by atoms with E-state index in [2.05, 4.69) is 26.2 Å². The highest BCUT2D eigenvalue weighted by molar-refractivity contribution is 9.10. The number of nitrogens with zero attached hydrogens (tertiary/aromatic N) is 3. The van der Waals surface area contributed by atoms with E-state index in [1.54, 1.807) is 12.1 Å². The van der Waals surface area contributed by atoms with Crippen molar-refractivity contribution in [1.82, 2.24) is 15.0 Å². The number of benzene rings is 2. The summed E-state index contributed by atoms with van der Waals surface area (Å²) in [6.07, 6.45) is 0. The fourth-order valence-electron chi connectivity index (χ4n) is 1.91. The third-order valence-electron chi connectivity index (χ3n) is 2.91. The average molecular weight is 316 g/mol. The first kappa shape index (κ1) is 12.0. The molecule has 0 aliphatic rings. The first-order valence-corrected chi connectivity index (χ1v) is 6.61. The third-order valence-corrected chi connectivity index (χ3v) is 3.68. The van der Waals surface area contributed by atoms with Crippen molar-refractivity contribution in [2.75, 3.05) is 0 Å². The van der Waals surface area contributed by atoms with E-state index in [0.29, 0.717) is 17.4 Å². The molecule has 0 fully saturated rings. The summed E-state index contributed by atoms with van der Waals surface area (Å²) in [5, 5.41) is 8.63. The maximum absolute atomic E-state index is 12.3. The number of hydrogen-bond donors (Lipinski definition) is 0. The first-order chi connectivity index (χ1) is 9.25. The Labute approximate surface area is 117 Å². The van der Waals surface area contributed by atoms with Crippen LogP contribution in [0.5, 0.6) is 0 Å². The predicted molar refractivity (Wildman–Crippen MR) is 77.0 cm³/mol. The molecule has 3 rings (SSSR count). The lowest BCUT2D eigenvalue weighted by atomic mass is 10.2. The van der Waals surface area contributed by atoms with Gasteiger partial charge in [0, 0.05) is 4.47 Å². The lowest BCUT2D eigenvalue weighted by Gasteiger charge is -2.06. The molecule has 1 aromatic heterocycles. The molecule has 19 heavy (non-hydrogen) atoms. The standard InChI is InChI=1S/C14H10BrN3O/c15-12-7-3-1-5-10(12)9-18-14(19)11-6-2-4-8-13(11)16-17-18/h1-8H,9H2. The van der Waals surface area contributed by atoms with Crippen molar-refractivity contribution in [3.05, 3.63) is 68.9 Å². The number of aromatic nitrogens is 3. The van der Waals surface area contributed by atoms with E-state index >= 15 is 0 Å². The summed E-state index contributed by atoms with van der Waals surface area (Å²) in [5.74, 6) is 0. The maximum atomic E-state index is 12.3. The lowest BCUT2D eigenvalue weighted by molar-refractivity contribution is 0.599. The van der Waals surface area contributed by atoms with Gasteiger partial charge in [-0.3, -0.25) is 4.79 Å². The summed E-state index contributed by atoms with van der Waals surface area (Å²) in [4.78, 5) is 12.3. The SMILES string of the molecule is O=c1c2ccccc2nnn1Cc1ccccc1Br. The summed E-state index contributed by atoms with van der Waals surface area (Å²) in [7, 11) is 0. The van der Waals surface area contributed by atoms with Crippen molar-refractivity contribution in [3.63, 3.8) is 0 Å². The van der Waals surface area contributed by atoms with Gasteiger partial charge in [0.2, 0.25) is 0 Å². The van der Waals surface area contributed by atoms with Gasteiger partial charge in [-0.05, 0) is 23.8 Å². The molecule has 1 heterocycles. The molecule has 0 aliphatic carbocycles. The van der Waals surface area contributed by atoms with Crippen molar-refractivity contribution in [2.45, 2.75) is 6.54 Å². The van der Waals surface area contributed by atoms with Crippen LogP contribution in [0.1, 0.15) is 5.56 Å². The molecular weight excluding hydrogens is 306 g/mol. The van der Waals surface area contributed by atoms with Gasteiger partial charge < -0.3 is 0 Å². The average Bonchev–Trinajstić information content (AvgIpc) is 2.44. The van der Waals surface area contributed by atoms with E-state index in [9.17, 15) is 4.79 Å². The summed E-state index contributed by atoms with van der Waals surface area (Å²) in [6, 6.07) is 15.0. The van der Waals surface area contributed by atoms with Crippen LogP contribution in [0, 0.1) is 0 Å². The third kappa shape index (κ3) is 2.29. The van der Waals surface area contributed by atoms with Crippen LogP contribution in [0.4, 0.5) is 0 Å². The molecule has 0 atom stereocenters. The Hall–Kier alpha value is -2.01. The fraction of sp³-hybridized carbons (Fsp3) is 0.0714. The zero-order chi connectivity index (χ0) is 13.2. The Morgan fingerprint density at radius 1 is 1.05 bits per heavy atom. The molecule has 0 saturated carbocycles. The van der Waals surface area contributed by atoms with Crippen LogP contribution in [-0.4, -0.2) is 15.0 Å². The minimum atomic E-state index is -0.124. The second-order valence-electron chi connectivity index (χ2n) is 4.16. The topological polar surface area (TPSA) is 47.8 Å². The molecule has 3 aromatic rings. The summed E-state index contributed by atoms with van der Waals surface area (Å²) >= 11 is 3.46. The molecule has 2 aromatic carbocycles. The van der Waals surface area contributed by atoms with E-state index in [1.165, 1.54) is 4.68 Å². The van der Waals surface area contributed by atoms with Crippen LogP contribution in [0.15, 0.2) is 57.8 Å². The van der Waals surface area contributed by atoms with Crippen molar-refractivity contribution in [3.8, 4) is 0 Å². The quantitative estimate of drug-likeness (QED) is 0.730. The van der Waals surface area contributed by atoms with E-state index in [1.807, 2.05) is 36.4 Å². The smallest absolute Gasteiger partial charge is 0.267 e. The molecule has 0 amide bonds. The molecule has 0 aliphatic heterocycles. The molecule has 94 valence electrons. The number of fused-ring (bicyclic) bond motifs is 1. The molecule has 5 heteroatoms. The molecule has 4 nitrogen and oxygen atoms in total.